The number of hydrogen-bond acceptors (Lipinski definition) is 6. The normalized spacial score (nSPS) is 12.1. The van der Waals surface area contributed by atoms with Crippen LogP contribution in [0.1, 0.15) is 15.4 Å². The SMILES string of the molecule is Cc1nc(-c2ccsc2)sc1C(=O)N[C@@H](CO)C(=O)O. The Balaban J connectivity index is 2.21. The zero-order valence-electron chi connectivity index (χ0n) is 10.5. The summed E-state index contributed by atoms with van der Waals surface area (Å²) in [4.78, 5) is 27.5. The third kappa shape index (κ3) is 3.03. The highest BCUT2D eigenvalue weighted by molar-refractivity contribution is 7.17. The lowest BCUT2D eigenvalue weighted by molar-refractivity contribution is -0.140. The lowest BCUT2D eigenvalue weighted by Crippen LogP contribution is -2.43. The summed E-state index contributed by atoms with van der Waals surface area (Å²) < 4.78 is 0. The summed E-state index contributed by atoms with van der Waals surface area (Å²) in [6.07, 6.45) is 0. The molecule has 3 N–H and O–H groups in total. The van der Waals surface area contributed by atoms with E-state index >= 15 is 0 Å². The van der Waals surface area contributed by atoms with E-state index in [1.165, 1.54) is 22.7 Å². The molecule has 2 heterocycles. The molecule has 2 aromatic heterocycles. The predicted octanol–water partition coefficient (Wildman–Crippen LogP) is 1.36. The first-order chi connectivity index (χ1) is 9.52. The van der Waals surface area contributed by atoms with Crippen molar-refractivity contribution in [1.82, 2.24) is 10.3 Å². The van der Waals surface area contributed by atoms with Crippen molar-refractivity contribution in [1.29, 1.82) is 0 Å². The van der Waals surface area contributed by atoms with Crippen LogP contribution < -0.4 is 5.32 Å². The fourth-order valence-corrected chi connectivity index (χ4v) is 3.21. The van der Waals surface area contributed by atoms with E-state index in [9.17, 15) is 9.59 Å². The Morgan fingerprint density at radius 2 is 2.25 bits per heavy atom. The van der Waals surface area contributed by atoms with Gasteiger partial charge in [0.15, 0.2) is 6.04 Å². The Morgan fingerprint density at radius 1 is 1.50 bits per heavy atom. The number of thiazole rings is 1. The molecule has 106 valence electrons. The largest absolute Gasteiger partial charge is 0.480 e. The molecule has 0 fully saturated rings. The molecule has 0 saturated carbocycles. The fraction of sp³-hybridized carbons (Fsp3) is 0.250. The summed E-state index contributed by atoms with van der Waals surface area (Å²) in [5.74, 6) is -1.82. The van der Waals surface area contributed by atoms with Gasteiger partial charge >= 0.3 is 5.97 Å². The molecule has 2 aromatic rings. The summed E-state index contributed by atoms with van der Waals surface area (Å²) in [5, 5.41) is 24.5. The van der Waals surface area contributed by atoms with E-state index in [0.29, 0.717) is 15.6 Å². The molecule has 0 aliphatic heterocycles. The number of nitrogens with zero attached hydrogens (tertiary/aromatic N) is 1. The first-order valence-corrected chi connectivity index (χ1v) is 7.43. The maximum absolute atomic E-state index is 12.0. The zero-order chi connectivity index (χ0) is 14.7. The minimum atomic E-state index is -1.31. The van der Waals surface area contributed by atoms with Gasteiger partial charge in [0, 0.05) is 10.9 Å². The topological polar surface area (TPSA) is 99.5 Å². The third-order valence-corrected chi connectivity index (χ3v) is 4.45. The number of aliphatic hydroxyl groups is 1. The van der Waals surface area contributed by atoms with E-state index in [1.807, 2.05) is 16.8 Å². The van der Waals surface area contributed by atoms with Crippen LogP contribution in [0, 0.1) is 6.92 Å². The zero-order valence-corrected chi connectivity index (χ0v) is 12.1. The monoisotopic (exact) mass is 312 g/mol. The Kier molecular flexibility index (Phi) is 4.48. The number of hydrogen-bond donors (Lipinski definition) is 3. The first kappa shape index (κ1) is 14.6. The molecule has 2 rings (SSSR count). The molecule has 0 aromatic carbocycles. The fourth-order valence-electron chi connectivity index (χ4n) is 1.53. The Bertz CT molecular complexity index is 621. The minimum Gasteiger partial charge on any atom is -0.480 e. The van der Waals surface area contributed by atoms with Crippen molar-refractivity contribution in [2.45, 2.75) is 13.0 Å². The molecule has 0 bridgehead atoms. The molecule has 0 aliphatic carbocycles. The number of rotatable bonds is 5. The van der Waals surface area contributed by atoms with Gasteiger partial charge in [-0.3, -0.25) is 4.79 Å². The average Bonchev–Trinajstić information content (AvgIpc) is 3.03. The van der Waals surface area contributed by atoms with E-state index in [0.717, 1.165) is 5.56 Å². The van der Waals surface area contributed by atoms with Crippen LogP contribution in [0.15, 0.2) is 16.8 Å². The number of carbonyl (C=O) groups excluding carboxylic acids is 1. The van der Waals surface area contributed by atoms with Crippen LogP contribution >= 0.6 is 22.7 Å². The summed E-state index contributed by atoms with van der Waals surface area (Å²) in [6, 6.07) is 0.590. The van der Waals surface area contributed by atoms with Crippen LogP contribution in [-0.4, -0.2) is 39.7 Å². The molecule has 0 unspecified atom stereocenters. The van der Waals surface area contributed by atoms with Crippen molar-refractivity contribution >= 4 is 34.6 Å². The van der Waals surface area contributed by atoms with Crippen LogP contribution in [0.25, 0.3) is 10.6 Å². The second-order valence-electron chi connectivity index (χ2n) is 3.99. The highest BCUT2D eigenvalue weighted by Crippen LogP contribution is 2.29. The number of carboxylic acids is 1. The van der Waals surface area contributed by atoms with Gasteiger partial charge in [0.05, 0.1) is 12.3 Å². The van der Waals surface area contributed by atoms with E-state index in [4.69, 9.17) is 10.2 Å². The number of carboxylic acid groups (broad SMARTS) is 1. The molecule has 20 heavy (non-hydrogen) atoms. The van der Waals surface area contributed by atoms with Crippen molar-refractivity contribution in [2.75, 3.05) is 6.61 Å². The van der Waals surface area contributed by atoms with Gasteiger partial charge in [-0.2, -0.15) is 11.3 Å². The Hall–Kier alpha value is -1.77. The number of aryl methyl sites for hydroxylation is 1. The van der Waals surface area contributed by atoms with Crippen molar-refractivity contribution in [3.05, 3.63) is 27.4 Å². The summed E-state index contributed by atoms with van der Waals surface area (Å²) >= 11 is 2.73. The highest BCUT2D eigenvalue weighted by atomic mass is 32.1. The van der Waals surface area contributed by atoms with Crippen molar-refractivity contribution in [3.8, 4) is 10.6 Å². The standard InChI is InChI=1S/C12H12N2O4S2/c1-6-9(10(16)14-8(4-15)12(17)18)20-11(13-6)7-2-3-19-5-7/h2-3,5,8,15H,4H2,1H3,(H,14,16)(H,17,18)/t8-/m0/s1. The minimum absolute atomic E-state index is 0.353. The van der Waals surface area contributed by atoms with E-state index < -0.39 is 24.5 Å². The number of aromatic nitrogens is 1. The molecular formula is C12H12N2O4S2. The predicted molar refractivity (Wildman–Crippen MR) is 76.1 cm³/mol. The molecule has 0 aliphatic rings. The molecule has 1 amide bonds. The molecule has 1 atom stereocenters. The Morgan fingerprint density at radius 3 is 2.80 bits per heavy atom. The summed E-state index contributed by atoms with van der Waals surface area (Å²) in [7, 11) is 0. The molecule has 0 radical (unpaired) electrons. The van der Waals surface area contributed by atoms with Crippen LogP contribution in [0.3, 0.4) is 0 Å². The quantitative estimate of drug-likeness (QED) is 0.774. The maximum atomic E-state index is 12.0. The van der Waals surface area contributed by atoms with Crippen LogP contribution in [0.4, 0.5) is 0 Å². The Labute approximate surface area is 122 Å². The van der Waals surface area contributed by atoms with E-state index in [-0.39, 0.29) is 0 Å². The molecule has 0 saturated heterocycles. The first-order valence-electron chi connectivity index (χ1n) is 5.67. The third-order valence-electron chi connectivity index (χ3n) is 2.56. The molecule has 6 nitrogen and oxygen atoms in total. The van der Waals surface area contributed by atoms with Gasteiger partial charge in [-0.25, -0.2) is 9.78 Å². The number of aliphatic carboxylic acids is 1. The number of nitrogens with one attached hydrogen (secondary N) is 1. The van der Waals surface area contributed by atoms with Gasteiger partial charge in [0.1, 0.15) is 9.88 Å². The van der Waals surface area contributed by atoms with Crippen molar-refractivity contribution in [3.63, 3.8) is 0 Å². The average molecular weight is 312 g/mol. The number of thiophene rings is 1. The van der Waals surface area contributed by atoms with Gasteiger partial charge in [-0.1, -0.05) is 0 Å². The molecule has 8 heteroatoms. The van der Waals surface area contributed by atoms with Gasteiger partial charge in [-0.15, -0.1) is 11.3 Å². The van der Waals surface area contributed by atoms with Gasteiger partial charge in [-0.05, 0) is 18.4 Å². The summed E-state index contributed by atoms with van der Waals surface area (Å²) in [5.41, 5.74) is 1.47. The van der Waals surface area contributed by atoms with Crippen LogP contribution in [0.2, 0.25) is 0 Å². The number of amides is 1. The van der Waals surface area contributed by atoms with Gasteiger partial charge in [0.2, 0.25) is 0 Å². The lowest BCUT2D eigenvalue weighted by Gasteiger charge is -2.10. The van der Waals surface area contributed by atoms with Crippen LogP contribution in [-0.2, 0) is 4.79 Å². The summed E-state index contributed by atoms with van der Waals surface area (Å²) in [6.45, 7) is 1.03. The molecule has 0 spiro atoms. The lowest BCUT2D eigenvalue weighted by atomic mass is 10.3. The number of carbonyl (C=O) groups is 2. The van der Waals surface area contributed by atoms with E-state index in [2.05, 4.69) is 10.3 Å². The smallest absolute Gasteiger partial charge is 0.328 e. The van der Waals surface area contributed by atoms with Gasteiger partial charge in [0.25, 0.3) is 5.91 Å². The second-order valence-corrected chi connectivity index (χ2v) is 5.77. The second kappa shape index (κ2) is 6.12. The highest BCUT2D eigenvalue weighted by Gasteiger charge is 2.23. The van der Waals surface area contributed by atoms with Gasteiger partial charge < -0.3 is 15.5 Å². The number of aliphatic hydroxyl groups excluding tert-OH is 1. The van der Waals surface area contributed by atoms with Crippen molar-refractivity contribution in [2.24, 2.45) is 0 Å². The van der Waals surface area contributed by atoms with Crippen molar-refractivity contribution < 1.29 is 19.8 Å². The van der Waals surface area contributed by atoms with Crippen LogP contribution in [0.5, 0.6) is 0 Å². The molecular weight excluding hydrogens is 300 g/mol. The van der Waals surface area contributed by atoms with E-state index in [1.54, 1.807) is 6.92 Å². The maximum Gasteiger partial charge on any atom is 0.328 e.